The first kappa shape index (κ1) is 9.55. The first-order valence-corrected chi connectivity index (χ1v) is 1.51. The van der Waals surface area contributed by atoms with Crippen LogP contribution in [0.1, 0.15) is 0 Å². The Morgan fingerprint density at radius 2 is 2.17 bits per heavy atom. The highest BCUT2D eigenvalue weighted by Gasteiger charge is 1.67. The van der Waals surface area contributed by atoms with Crippen LogP contribution in [0.4, 0.5) is 0 Å². The maximum atomic E-state index is 7.94. The van der Waals surface area contributed by atoms with Gasteiger partial charge in [-0.3, -0.25) is 0 Å². The van der Waals surface area contributed by atoms with Crippen molar-refractivity contribution in [3.8, 4) is 0 Å². The van der Waals surface area contributed by atoms with Crippen LogP contribution >= 0.6 is 13.5 Å². The summed E-state index contributed by atoms with van der Waals surface area (Å²) in [6.45, 7) is 0.566. The van der Waals surface area contributed by atoms with Crippen LogP contribution in [0.2, 0.25) is 0 Å². The lowest BCUT2D eigenvalue weighted by atomic mass is 10.8. The van der Waals surface area contributed by atoms with Crippen LogP contribution in [0, 0.1) is 0 Å². The highest BCUT2D eigenvalue weighted by Crippen LogP contribution is 1.56. The average Bonchev–Trinajstić information content (AvgIpc) is 1.41. The van der Waals surface area contributed by atoms with Gasteiger partial charge >= 0.3 is 0 Å². The quantitative estimate of drug-likeness (QED) is 0.530. The fourth-order valence-corrected chi connectivity index (χ4v) is 0.0913. The molecule has 0 rings (SSSR count). The molecule has 0 atom stereocenters. The Kier molecular flexibility index (Phi) is 14.3. The first-order chi connectivity index (χ1) is 2.41. The molecule has 40 valence electrons. The van der Waals surface area contributed by atoms with E-state index in [4.69, 9.17) is 5.11 Å². The van der Waals surface area contributed by atoms with Crippen molar-refractivity contribution < 1.29 is 9.84 Å². The van der Waals surface area contributed by atoms with E-state index in [0.29, 0.717) is 6.61 Å². The van der Waals surface area contributed by atoms with E-state index in [1.54, 1.807) is 7.11 Å². The molecule has 0 fully saturated rings. The summed E-state index contributed by atoms with van der Waals surface area (Å²) < 4.78 is 4.44. The molecule has 0 amide bonds. The molecule has 1 N–H and O–H groups in total. The van der Waals surface area contributed by atoms with Crippen molar-refractivity contribution in [3.05, 3.63) is 0 Å². The van der Waals surface area contributed by atoms with Crippen molar-refractivity contribution in [2.24, 2.45) is 0 Å². The van der Waals surface area contributed by atoms with Gasteiger partial charge in [-0.25, -0.2) is 0 Å². The molecule has 0 saturated carbocycles. The third-order valence-corrected chi connectivity index (χ3v) is 0.295. The minimum absolute atomic E-state index is 0. The largest absolute Gasteiger partial charge is 0.394 e. The Morgan fingerprint density at radius 1 is 1.67 bits per heavy atom. The van der Waals surface area contributed by atoms with Gasteiger partial charge in [0.1, 0.15) is 0 Å². The van der Waals surface area contributed by atoms with E-state index in [2.05, 4.69) is 4.74 Å². The maximum absolute atomic E-state index is 7.94. The van der Waals surface area contributed by atoms with Gasteiger partial charge in [0, 0.05) is 7.11 Å². The lowest BCUT2D eigenvalue weighted by Crippen LogP contribution is -1.91. The number of ether oxygens (including phenoxy) is 1. The minimum Gasteiger partial charge on any atom is -0.394 e. The second-order valence-electron chi connectivity index (χ2n) is 0.716. The summed E-state index contributed by atoms with van der Waals surface area (Å²) in [6, 6.07) is 0. The fraction of sp³-hybridized carbons (Fsp3) is 1.00. The van der Waals surface area contributed by atoms with Crippen LogP contribution in [0.25, 0.3) is 0 Å². The number of methoxy groups -OCH3 is 1. The van der Waals surface area contributed by atoms with Gasteiger partial charge in [0.05, 0.1) is 13.2 Å². The summed E-state index contributed by atoms with van der Waals surface area (Å²) in [6.07, 6.45) is 0. The number of rotatable bonds is 2. The Hall–Kier alpha value is 0.270. The molecule has 2 nitrogen and oxygen atoms in total. The molecule has 0 saturated heterocycles. The van der Waals surface area contributed by atoms with Crippen molar-refractivity contribution in [2.45, 2.75) is 0 Å². The predicted octanol–water partition coefficient (Wildman–Crippen LogP) is -0.262. The van der Waals surface area contributed by atoms with Gasteiger partial charge in [0.25, 0.3) is 0 Å². The predicted molar refractivity (Wildman–Crippen MR) is 29.3 cm³/mol. The second kappa shape index (κ2) is 8.99. The van der Waals surface area contributed by atoms with E-state index in [1.165, 1.54) is 0 Å². The lowest BCUT2D eigenvalue weighted by Gasteiger charge is -1.84. The van der Waals surface area contributed by atoms with Crippen LogP contribution in [0.15, 0.2) is 0 Å². The SMILES string of the molecule is COCCO.S. The number of hydrogen-bond acceptors (Lipinski definition) is 2. The van der Waals surface area contributed by atoms with E-state index in [-0.39, 0.29) is 20.1 Å². The van der Waals surface area contributed by atoms with Gasteiger partial charge < -0.3 is 9.84 Å². The summed E-state index contributed by atoms with van der Waals surface area (Å²) in [4.78, 5) is 0. The van der Waals surface area contributed by atoms with Crippen LogP contribution in [-0.2, 0) is 4.74 Å². The van der Waals surface area contributed by atoms with Crippen molar-refractivity contribution >= 4 is 13.5 Å². The fourth-order valence-electron chi connectivity index (χ4n) is 0.0913. The molecule has 0 spiro atoms. The number of aliphatic hydroxyl groups excluding tert-OH is 1. The summed E-state index contributed by atoms with van der Waals surface area (Å²) in [5, 5.41) is 7.94. The number of hydrogen-bond donors (Lipinski definition) is 1. The Morgan fingerprint density at radius 3 is 2.17 bits per heavy atom. The molecule has 0 heterocycles. The highest BCUT2D eigenvalue weighted by atomic mass is 32.1. The van der Waals surface area contributed by atoms with Crippen molar-refractivity contribution in [3.63, 3.8) is 0 Å². The van der Waals surface area contributed by atoms with E-state index >= 15 is 0 Å². The zero-order valence-corrected chi connectivity index (χ0v) is 4.77. The average molecular weight is 110 g/mol. The van der Waals surface area contributed by atoms with Crippen LogP contribution in [0.5, 0.6) is 0 Å². The second-order valence-corrected chi connectivity index (χ2v) is 0.716. The van der Waals surface area contributed by atoms with Gasteiger partial charge in [0.15, 0.2) is 0 Å². The van der Waals surface area contributed by atoms with Gasteiger partial charge in [-0.1, -0.05) is 0 Å². The maximum Gasteiger partial charge on any atom is 0.0693 e. The van der Waals surface area contributed by atoms with Crippen molar-refractivity contribution in [1.82, 2.24) is 0 Å². The molecular weight excluding hydrogens is 100 g/mol. The Bertz CT molecular complexity index is 16.3. The van der Waals surface area contributed by atoms with Gasteiger partial charge in [-0.15, -0.1) is 0 Å². The van der Waals surface area contributed by atoms with Gasteiger partial charge in [-0.2, -0.15) is 13.5 Å². The van der Waals surface area contributed by atoms with Gasteiger partial charge in [0.2, 0.25) is 0 Å². The van der Waals surface area contributed by atoms with Crippen LogP contribution in [0.3, 0.4) is 0 Å². The normalized spacial score (nSPS) is 7.00. The Balaban J connectivity index is 0. The molecule has 0 aromatic heterocycles. The van der Waals surface area contributed by atoms with E-state index in [1.807, 2.05) is 0 Å². The molecule has 0 unspecified atom stereocenters. The lowest BCUT2D eigenvalue weighted by molar-refractivity contribution is 0.135. The molecule has 0 radical (unpaired) electrons. The minimum atomic E-state index is 0. The molecule has 0 bridgehead atoms. The van der Waals surface area contributed by atoms with E-state index in [0.717, 1.165) is 0 Å². The van der Waals surface area contributed by atoms with Crippen molar-refractivity contribution in [2.75, 3.05) is 20.3 Å². The summed E-state index contributed by atoms with van der Waals surface area (Å²) in [5.74, 6) is 0. The topological polar surface area (TPSA) is 29.5 Å². The molecule has 6 heavy (non-hydrogen) atoms. The molecule has 0 aromatic carbocycles. The molecule has 3 heteroatoms. The summed E-state index contributed by atoms with van der Waals surface area (Å²) >= 11 is 0. The smallest absolute Gasteiger partial charge is 0.0693 e. The third-order valence-electron chi connectivity index (χ3n) is 0.295. The standard InChI is InChI=1S/C3H8O2.H2S/c1-5-3-2-4;/h4H,2-3H2,1H3;1H2. The van der Waals surface area contributed by atoms with Gasteiger partial charge in [-0.05, 0) is 0 Å². The molecular formula is C3H10O2S. The van der Waals surface area contributed by atoms with Crippen LogP contribution in [-0.4, -0.2) is 25.4 Å². The zero-order chi connectivity index (χ0) is 4.12. The molecule has 0 aliphatic carbocycles. The number of aliphatic hydroxyl groups is 1. The molecule has 0 aromatic rings. The third kappa shape index (κ3) is 8.86. The van der Waals surface area contributed by atoms with E-state index < -0.39 is 0 Å². The van der Waals surface area contributed by atoms with E-state index in [9.17, 15) is 0 Å². The monoisotopic (exact) mass is 110 g/mol. The zero-order valence-electron chi connectivity index (χ0n) is 3.77. The first-order valence-electron chi connectivity index (χ1n) is 1.51. The molecule has 0 aliphatic rings. The summed E-state index contributed by atoms with van der Waals surface area (Å²) in [5.41, 5.74) is 0. The summed E-state index contributed by atoms with van der Waals surface area (Å²) in [7, 11) is 1.55. The highest BCUT2D eigenvalue weighted by molar-refractivity contribution is 7.59. The van der Waals surface area contributed by atoms with Crippen molar-refractivity contribution in [1.29, 1.82) is 0 Å². The van der Waals surface area contributed by atoms with Crippen LogP contribution < -0.4 is 0 Å². The Labute approximate surface area is 44.6 Å². The molecule has 0 aliphatic heterocycles.